The smallest absolute Gasteiger partial charge is 0.241 e. The van der Waals surface area contributed by atoms with Crippen molar-refractivity contribution in [1.29, 1.82) is 0 Å². The number of carbonyl (C=O) groups is 1. The largest absolute Gasteiger partial charge is 0.494 e. The van der Waals surface area contributed by atoms with E-state index in [4.69, 9.17) is 4.74 Å². The van der Waals surface area contributed by atoms with Crippen LogP contribution in [0.2, 0.25) is 0 Å². The van der Waals surface area contributed by atoms with Crippen LogP contribution < -0.4 is 14.4 Å². The summed E-state index contributed by atoms with van der Waals surface area (Å²) in [6, 6.07) is 15.3. The fourth-order valence-corrected chi connectivity index (χ4v) is 8.22. The number of hydrogen-bond donors (Lipinski definition) is 1. The van der Waals surface area contributed by atoms with Gasteiger partial charge < -0.3 is 10.1 Å². The van der Waals surface area contributed by atoms with E-state index in [-0.39, 0.29) is 23.9 Å². The Morgan fingerprint density at radius 3 is 2.06 bits per heavy atom. The molecule has 0 unspecified atom stereocenters. The van der Waals surface area contributed by atoms with Crippen LogP contribution in [-0.4, -0.2) is 33.7 Å². The van der Waals surface area contributed by atoms with E-state index in [9.17, 15) is 13.2 Å². The minimum absolute atomic E-state index is 0.253. The maximum Gasteiger partial charge on any atom is 0.241 e. The molecule has 4 fully saturated rings. The van der Waals surface area contributed by atoms with Crippen LogP contribution in [0, 0.1) is 17.8 Å². The zero-order valence-corrected chi connectivity index (χ0v) is 22.4. The highest BCUT2D eigenvalue weighted by molar-refractivity contribution is 7.92. The predicted octanol–water partition coefficient (Wildman–Crippen LogP) is 5.20. The Balaban J connectivity index is 1.28. The summed E-state index contributed by atoms with van der Waals surface area (Å²) in [6.45, 7) is 4.16. The number of benzene rings is 2. The molecular formula is C29H38N2O4S. The third kappa shape index (κ3) is 5.13. The zero-order valence-electron chi connectivity index (χ0n) is 21.6. The molecule has 2 aromatic rings. The molecule has 4 aliphatic carbocycles. The molecule has 1 amide bonds. The van der Waals surface area contributed by atoms with E-state index in [2.05, 4.69) is 17.4 Å². The van der Waals surface area contributed by atoms with Crippen molar-refractivity contribution in [2.45, 2.75) is 63.8 Å². The van der Waals surface area contributed by atoms with Gasteiger partial charge in [-0.1, -0.05) is 24.3 Å². The quantitative estimate of drug-likeness (QED) is 0.503. The van der Waals surface area contributed by atoms with Gasteiger partial charge in [0.05, 0.1) is 24.6 Å². The molecule has 0 radical (unpaired) electrons. The molecule has 4 bridgehead atoms. The molecule has 6 nitrogen and oxygen atoms in total. The number of nitrogens with zero attached hydrogens (tertiary/aromatic N) is 1. The third-order valence-electron chi connectivity index (χ3n) is 8.56. The van der Waals surface area contributed by atoms with Crippen LogP contribution in [0.1, 0.15) is 69.5 Å². The lowest BCUT2D eigenvalue weighted by molar-refractivity contribution is -0.120. The minimum Gasteiger partial charge on any atom is -0.494 e. The standard InChI is InChI=1S/C29H38N2O4S/c1-4-35-27-11-5-24(6-12-27)20(2)30-28(32)19-31(36(3,33)34)26-9-7-25(8-10-26)29-16-21-13-22(17-29)15-23(14-21)18-29/h5-12,20-23H,4,13-19H2,1-3H3,(H,30,32)/t20-,21?,22?,23?,29?/m0/s1. The highest BCUT2D eigenvalue weighted by Crippen LogP contribution is 2.60. The fourth-order valence-electron chi connectivity index (χ4n) is 7.37. The molecule has 194 valence electrons. The highest BCUT2D eigenvalue weighted by atomic mass is 32.2. The Morgan fingerprint density at radius 1 is 1.00 bits per heavy atom. The number of amides is 1. The Bertz CT molecular complexity index is 1160. The summed E-state index contributed by atoms with van der Waals surface area (Å²) in [5.41, 5.74) is 3.06. The molecule has 0 aromatic heterocycles. The first-order chi connectivity index (χ1) is 17.1. The summed E-state index contributed by atoms with van der Waals surface area (Å²) in [5, 5.41) is 2.93. The van der Waals surface area contributed by atoms with Gasteiger partial charge in [-0.25, -0.2) is 8.42 Å². The zero-order chi connectivity index (χ0) is 25.5. The van der Waals surface area contributed by atoms with Gasteiger partial charge in [-0.05, 0) is 111 Å². The highest BCUT2D eigenvalue weighted by Gasteiger charge is 2.51. The lowest BCUT2D eigenvalue weighted by Gasteiger charge is -2.57. The Kier molecular flexibility index (Phi) is 6.79. The first kappa shape index (κ1) is 25.1. The Labute approximate surface area is 215 Å². The SMILES string of the molecule is CCOc1ccc([C@H](C)NC(=O)CN(c2ccc(C34CC5CC(CC(C5)C3)C4)cc2)S(C)(=O)=O)cc1. The molecule has 6 rings (SSSR count). The van der Waals surface area contributed by atoms with E-state index in [1.807, 2.05) is 50.2 Å². The van der Waals surface area contributed by atoms with Crippen LogP contribution in [0.15, 0.2) is 48.5 Å². The average molecular weight is 511 g/mol. The van der Waals surface area contributed by atoms with Crippen LogP contribution in [0.3, 0.4) is 0 Å². The lowest BCUT2D eigenvalue weighted by Crippen LogP contribution is -2.48. The van der Waals surface area contributed by atoms with Crippen LogP contribution in [0.4, 0.5) is 5.69 Å². The van der Waals surface area contributed by atoms with E-state index >= 15 is 0 Å². The normalized spacial score (nSPS) is 27.5. The molecule has 2 aromatic carbocycles. The van der Waals surface area contributed by atoms with Gasteiger partial charge >= 0.3 is 0 Å². The molecular weight excluding hydrogens is 472 g/mol. The van der Waals surface area contributed by atoms with Crippen molar-refractivity contribution in [2.24, 2.45) is 17.8 Å². The van der Waals surface area contributed by atoms with Crippen LogP contribution in [0.25, 0.3) is 0 Å². The first-order valence-electron chi connectivity index (χ1n) is 13.3. The van der Waals surface area contributed by atoms with E-state index in [1.165, 1.54) is 48.4 Å². The van der Waals surface area contributed by atoms with Crippen LogP contribution in [0.5, 0.6) is 5.75 Å². The summed E-state index contributed by atoms with van der Waals surface area (Å²) in [5.74, 6) is 2.99. The van der Waals surface area contributed by atoms with E-state index in [0.717, 1.165) is 35.3 Å². The summed E-state index contributed by atoms with van der Waals surface area (Å²) in [4.78, 5) is 12.9. The van der Waals surface area contributed by atoms with Gasteiger partial charge in [-0.3, -0.25) is 9.10 Å². The molecule has 0 saturated heterocycles. The molecule has 0 heterocycles. The van der Waals surface area contributed by atoms with E-state index < -0.39 is 10.0 Å². The second-order valence-electron chi connectivity index (χ2n) is 11.3. The van der Waals surface area contributed by atoms with Crippen molar-refractivity contribution in [2.75, 3.05) is 23.7 Å². The van der Waals surface area contributed by atoms with Gasteiger partial charge in [0.25, 0.3) is 0 Å². The number of nitrogens with one attached hydrogen (secondary N) is 1. The topological polar surface area (TPSA) is 75.7 Å². The molecule has 0 spiro atoms. The van der Waals surface area contributed by atoms with Crippen molar-refractivity contribution in [3.63, 3.8) is 0 Å². The van der Waals surface area contributed by atoms with Gasteiger partial charge in [0.2, 0.25) is 15.9 Å². The molecule has 36 heavy (non-hydrogen) atoms. The van der Waals surface area contributed by atoms with Gasteiger partial charge in [-0.15, -0.1) is 0 Å². The summed E-state index contributed by atoms with van der Waals surface area (Å²) < 4.78 is 32.0. The van der Waals surface area contributed by atoms with Crippen molar-refractivity contribution in [3.8, 4) is 5.75 Å². The summed E-state index contributed by atoms with van der Waals surface area (Å²) >= 11 is 0. The number of sulfonamides is 1. The second-order valence-corrected chi connectivity index (χ2v) is 13.2. The van der Waals surface area contributed by atoms with E-state index in [1.54, 1.807) is 0 Å². The molecule has 1 N–H and O–H groups in total. The van der Waals surface area contributed by atoms with Gasteiger partial charge in [0.1, 0.15) is 12.3 Å². The number of ether oxygens (including phenoxy) is 1. The maximum atomic E-state index is 12.9. The monoisotopic (exact) mass is 510 g/mol. The Hall–Kier alpha value is -2.54. The molecule has 7 heteroatoms. The number of rotatable bonds is 9. The first-order valence-corrected chi connectivity index (χ1v) is 15.1. The summed E-state index contributed by atoms with van der Waals surface area (Å²) in [6.07, 6.45) is 9.12. The average Bonchev–Trinajstić information content (AvgIpc) is 2.82. The Morgan fingerprint density at radius 2 is 1.56 bits per heavy atom. The summed E-state index contributed by atoms with van der Waals surface area (Å²) in [7, 11) is -3.63. The molecule has 4 aliphatic rings. The van der Waals surface area contributed by atoms with Crippen molar-refractivity contribution in [3.05, 3.63) is 59.7 Å². The van der Waals surface area contributed by atoms with Gasteiger partial charge in [0.15, 0.2) is 0 Å². The van der Waals surface area contributed by atoms with Crippen LogP contribution >= 0.6 is 0 Å². The maximum absolute atomic E-state index is 12.9. The number of hydrogen-bond acceptors (Lipinski definition) is 4. The van der Waals surface area contributed by atoms with Crippen LogP contribution in [-0.2, 0) is 20.2 Å². The predicted molar refractivity (Wildman–Crippen MR) is 143 cm³/mol. The third-order valence-corrected chi connectivity index (χ3v) is 9.70. The molecule has 0 aliphatic heterocycles. The minimum atomic E-state index is -3.63. The second kappa shape index (κ2) is 9.73. The van der Waals surface area contributed by atoms with Gasteiger partial charge in [-0.2, -0.15) is 0 Å². The van der Waals surface area contributed by atoms with E-state index in [0.29, 0.717) is 12.3 Å². The lowest BCUT2D eigenvalue weighted by atomic mass is 9.48. The molecule has 1 atom stereocenters. The number of anilines is 1. The number of carbonyl (C=O) groups excluding carboxylic acids is 1. The molecule has 4 saturated carbocycles. The van der Waals surface area contributed by atoms with Crippen molar-refractivity contribution in [1.82, 2.24) is 5.32 Å². The van der Waals surface area contributed by atoms with Crippen molar-refractivity contribution >= 4 is 21.6 Å². The van der Waals surface area contributed by atoms with Gasteiger partial charge in [0, 0.05) is 0 Å². The fraction of sp³-hybridized carbons (Fsp3) is 0.552. The van der Waals surface area contributed by atoms with Crippen molar-refractivity contribution < 1.29 is 17.9 Å².